The average molecular weight is 436 g/mol. The van der Waals surface area contributed by atoms with Gasteiger partial charge >= 0.3 is 12.1 Å². The van der Waals surface area contributed by atoms with Crippen molar-refractivity contribution in [3.63, 3.8) is 0 Å². The molecule has 0 spiro atoms. The summed E-state index contributed by atoms with van der Waals surface area (Å²) in [6.45, 7) is 5.55. The number of hydrogen-bond donors (Lipinski definition) is 1. The summed E-state index contributed by atoms with van der Waals surface area (Å²) in [5, 5.41) is 3.40. The van der Waals surface area contributed by atoms with Crippen LogP contribution in [0.3, 0.4) is 0 Å². The summed E-state index contributed by atoms with van der Waals surface area (Å²) < 4.78 is 21.0. The number of rotatable bonds is 15. The van der Waals surface area contributed by atoms with Gasteiger partial charge in [-0.3, -0.25) is 4.79 Å². The number of Topliss-reactive ketones (excluding diaryl/α,β-unsaturated/α-hetero) is 1. The third-order valence-electron chi connectivity index (χ3n) is 4.36. The average Bonchev–Trinajstić information content (AvgIpc) is 2.69. The minimum atomic E-state index is -0.397. The fraction of sp³-hybridized carbons (Fsp3) is 0.850. The zero-order valence-electron chi connectivity index (χ0n) is 17.6. The fourth-order valence-corrected chi connectivity index (χ4v) is 3.93. The van der Waals surface area contributed by atoms with E-state index in [9.17, 15) is 14.4 Å². The lowest BCUT2D eigenvalue weighted by atomic mass is 9.97. The number of carbonyl (C=O) groups excluding carboxylic acids is 3. The van der Waals surface area contributed by atoms with Crippen LogP contribution < -0.4 is 5.32 Å². The standard InChI is InChI=1S/C20H35NO7S.H2/c1-3-29-18-7-5-17(6-8-18)28-20(24)21-10-11-25-12-13-26-14-15-27-19(23)9-4-16(2)22;/h17-18H,3-15H2,1-2H3,(H,21,24);1H. The Bertz CT molecular complexity index is 488. The van der Waals surface area contributed by atoms with Crippen LogP contribution in [0.4, 0.5) is 4.79 Å². The third-order valence-corrected chi connectivity index (χ3v) is 5.63. The topological polar surface area (TPSA) is 100 Å². The summed E-state index contributed by atoms with van der Waals surface area (Å²) in [6.07, 6.45) is 4.03. The number of ketones is 1. The first-order valence-electron chi connectivity index (χ1n) is 10.4. The van der Waals surface area contributed by atoms with Crippen LogP contribution in [0.25, 0.3) is 0 Å². The Hall–Kier alpha value is -1.32. The van der Waals surface area contributed by atoms with E-state index in [1.807, 2.05) is 11.8 Å². The van der Waals surface area contributed by atoms with E-state index < -0.39 is 5.97 Å². The minimum Gasteiger partial charge on any atom is -0.463 e. The molecule has 1 N–H and O–H groups in total. The lowest BCUT2D eigenvalue weighted by Gasteiger charge is -2.27. The Morgan fingerprint density at radius 3 is 2.28 bits per heavy atom. The van der Waals surface area contributed by atoms with E-state index in [1.54, 1.807) is 0 Å². The van der Waals surface area contributed by atoms with E-state index in [0.717, 1.165) is 31.4 Å². The molecule has 0 heterocycles. The first-order chi connectivity index (χ1) is 14.0. The van der Waals surface area contributed by atoms with Crippen LogP contribution in [0.1, 0.15) is 53.8 Å². The second kappa shape index (κ2) is 16.5. The molecule has 1 amide bonds. The molecule has 29 heavy (non-hydrogen) atoms. The zero-order valence-corrected chi connectivity index (χ0v) is 18.4. The number of thioether (sulfide) groups is 1. The van der Waals surface area contributed by atoms with Gasteiger partial charge in [0.1, 0.15) is 18.5 Å². The first kappa shape index (κ1) is 25.7. The summed E-state index contributed by atoms with van der Waals surface area (Å²) in [6, 6.07) is 0. The number of alkyl carbamates (subject to hydrolysis) is 1. The van der Waals surface area contributed by atoms with Gasteiger partial charge in [0.15, 0.2) is 0 Å². The molecule has 0 aromatic rings. The van der Waals surface area contributed by atoms with Crippen molar-refractivity contribution in [2.45, 2.75) is 63.7 Å². The van der Waals surface area contributed by atoms with Crippen molar-refractivity contribution in [3.05, 3.63) is 0 Å². The lowest BCUT2D eigenvalue weighted by molar-refractivity contribution is -0.146. The molecule has 0 aromatic heterocycles. The van der Waals surface area contributed by atoms with Crippen molar-refractivity contribution >= 4 is 29.6 Å². The molecule has 1 aliphatic rings. The molecule has 1 saturated carbocycles. The molecule has 0 atom stereocenters. The van der Waals surface area contributed by atoms with Gasteiger partial charge in [0, 0.05) is 19.6 Å². The van der Waals surface area contributed by atoms with Crippen LogP contribution >= 0.6 is 11.8 Å². The van der Waals surface area contributed by atoms with Gasteiger partial charge in [-0.15, -0.1) is 0 Å². The van der Waals surface area contributed by atoms with Gasteiger partial charge in [0.25, 0.3) is 0 Å². The van der Waals surface area contributed by atoms with Gasteiger partial charge in [0.05, 0.1) is 32.8 Å². The monoisotopic (exact) mass is 435 g/mol. The maximum atomic E-state index is 11.8. The van der Waals surface area contributed by atoms with Gasteiger partial charge in [-0.25, -0.2) is 4.79 Å². The SMILES string of the molecule is CCSC1CCC(OC(=O)NCCOCCOCCOC(=O)CCC(C)=O)CC1.[HH]. The summed E-state index contributed by atoms with van der Waals surface area (Å²) in [7, 11) is 0. The fourth-order valence-electron chi connectivity index (χ4n) is 2.86. The van der Waals surface area contributed by atoms with Crippen molar-refractivity contribution in [2.75, 3.05) is 45.3 Å². The van der Waals surface area contributed by atoms with Crippen LogP contribution in [-0.4, -0.2) is 74.5 Å². The Labute approximate surface area is 179 Å². The predicted octanol–water partition coefficient (Wildman–Crippen LogP) is 2.97. The van der Waals surface area contributed by atoms with Crippen LogP contribution in [-0.2, 0) is 28.5 Å². The van der Waals surface area contributed by atoms with E-state index in [2.05, 4.69) is 12.2 Å². The maximum absolute atomic E-state index is 11.8. The highest BCUT2D eigenvalue weighted by atomic mass is 32.2. The molecule has 9 heteroatoms. The smallest absolute Gasteiger partial charge is 0.407 e. The van der Waals surface area contributed by atoms with Crippen LogP contribution in [0.5, 0.6) is 0 Å². The predicted molar refractivity (Wildman–Crippen MR) is 113 cm³/mol. The second-order valence-electron chi connectivity index (χ2n) is 6.83. The Balaban J connectivity index is 0.00000841. The molecular weight excluding hydrogens is 398 g/mol. The quantitative estimate of drug-likeness (QED) is 0.310. The Kier molecular flexibility index (Phi) is 14.6. The highest BCUT2D eigenvalue weighted by Crippen LogP contribution is 2.29. The third kappa shape index (κ3) is 14.3. The van der Waals surface area contributed by atoms with Crippen molar-refractivity contribution in [2.24, 2.45) is 0 Å². The Morgan fingerprint density at radius 2 is 1.62 bits per heavy atom. The molecule has 0 radical (unpaired) electrons. The van der Waals surface area contributed by atoms with Gasteiger partial charge in [0.2, 0.25) is 0 Å². The molecule has 0 aromatic carbocycles. The number of hydrogen-bond acceptors (Lipinski definition) is 8. The van der Waals surface area contributed by atoms with E-state index in [1.165, 1.54) is 6.92 Å². The highest BCUT2D eigenvalue weighted by Gasteiger charge is 2.23. The molecule has 170 valence electrons. The zero-order chi connectivity index (χ0) is 21.3. The number of carbonyl (C=O) groups is 3. The van der Waals surface area contributed by atoms with Gasteiger partial charge in [-0.05, 0) is 38.4 Å². The number of esters is 1. The van der Waals surface area contributed by atoms with Gasteiger partial charge in [-0.2, -0.15) is 11.8 Å². The van der Waals surface area contributed by atoms with E-state index in [0.29, 0.717) is 31.6 Å². The van der Waals surface area contributed by atoms with Crippen molar-refractivity contribution in [1.29, 1.82) is 0 Å². The molecule has 1 aliphatic carbocycles. The van der Waals surface area contributed by atoms with Gasteiger partial charge < -0.3 is 29.1 Å². The summed E-state index contributed by atoms with van der Waals surface area (Å²) in [5.74, 6) is 0.704. The van der Waals surface area contributed by atoms with Crippen LogP contribution in [0.15, 0.2) is 0 Å². The summed E-state index contributed by atoms with van der Waals surface area (Å²) in [4.78, 5) is 33.8. The Morgan fingerprint density at radius 1 is 0.966 bits per heavy atom. The maximum Gasteiger partial charge on any atom is 0.407 e. The largest absolute Gasteiger partial charge is 0.463 e. The molecule has 0 unspecified atom stereocenters. The molecular formula is C20H37NO7S. The summed E-state index contributed by atoms with van der Waals surface area (Å²) in [5.41, 5.74) is 0. The van der Waals surface area contributed by atoms with Crippen LogP contribution in [0.2, 0.25) is 0 Å². The molecule has 8 nitrogen and oxygen atoms in total. The van der Waals surface area contributed by atoms with E-state index in [-0.39, 0.29) is 45.5 Å². The molecule has 0 aliphatic heterocycles. The van der Waals surface area contributed by atoms with Crippen molar-refractivity contribution in [1.82, 2.24) is 5.32 Å². The van der Waals surface area contributed by atoms with Crippen LogP contribution in [0, 0.1) is 0 Å². The van der Waals surface area contributed by atoms with E-state index >= 15 is 0 Å². The number of ether oxygens (including phenoxy) is 4. The van der Waals surface area contributed by atoms with Crippen molar-refractivity contribution in [3.8, 4) is 0 Å². The number of nitrogens with one attached hydrogen (secondary N) is 1. The van der Waals surface area contributed by atoms with E-state index in [4.69, 9.17) is 18.9 Å². The molecule has 1 fully saturated rings. The van der Waals surface area contributed by atoms with Crippen molar-refractivity contribution < 1.29 is 34.8 Å². The second-order valence-corrected chi connectivity index (χ2v) is 8.41. The minimum absolute atomic E-state index is 0. The highest BCUT2D eigenvalue weighted by molar-refractivity contribution is 7.99. The number of amides is 1. The molecule has 1 rings (SSSR count). The molecule has 0 saturated heterocycles. The normalized spacial score (nSPS) is 18.8. The first-order valence-corrected chi connectivity index (χ1v) is 11.4. The van der Waals surface area contributed by atoms with Gasteiger partial charge in [-0.1, -0.05) is 6.92 Å². The summed E-state index contributed by atoms with van der Waals surface area (Å²) >= 11 is 1.99. The lowest BCUT2D eigenvalue weighted by Crippen LogP contribution is -2.33. The molecule has 0 bridgehead atoms.